The van der Waals surface area contributed by atoms with Gasteiger partial charge >= 0.3 is 0 Å². The second-order valence-electron chi connectivity index (χ2n) is 4.61. The van der Waals surface area contributed by atoms with Crippen LogP contribution in [0.3, 0.4) is 0 Å². The Hall–Kier alpha value is -0.760. The average Bonchev–Trinajstić information content (AvgIpc) is 2.37. The number of aliphatic hydroxyl groups is 1. The lowest BCUT2D eigenvalue weighted by molar-refractivity contribution is 0.185. The van der Waals surface area contributed by atoms with E-state index in [1.165, 1.54) is 5.56 Å². The molecule has 1 aromatic rings. The third-order valence-corrected chi connectivity index (χ3v) is 4.12. The molecule has 0 aliphatic heterocycles. The monoisotopic (exact) mass is 282 g/mol. The van der Waals surface area contributed by atoms with Gasteiger partial charge in [0.05, 0.1) is 11.0 Å². The quantitative estimate of drug-likeness (QED) is 0.827. The Bertz CT molecular complexity index is 476. The zero-order valence-corrected chi connectivity index (χ0v) is 11.7. The van der Waals surface area contributed by atoms with Crippen LogP contribution >= 0.6 is 23.2 Å². The van der Waals surface area contributed by atoms with Gasteiger partial charge in [0.1, 0.15) is 0 Å². The van der Waals surface area contributed by atoms with Gasteiger partial charge in [0.25, 0.3) is 0 Å². The van der Waals surface area contributed by atoms with Crippen LogP contribution < -0.4 is 0 Å². The Labute approximate surface area is 118 Å². The van der Waals surface area contributed by atoms with E-state index in [0.29, 0.717) is 6.42 Å². The highest BCUT2D eigenvalue weighted by atomic mass is 35.5. The molecule has 2 rings (SSSR count). The van der Waals surface area contributed by atoms with Gasteiger partial charge in [-0.2, -0.15) is 0 Å². The summed E-state index contributed by atoms with van der Waals surface area (Å²) in [6.45, 7) is 1.98. The summed E-state index contributed by atoms with van der Waals surface area (Å²) < 4.78 is 0. The van der Waals surface area contributed by atoms with Crippen LogP contribution in [-0.2, 0) is 6.42 Å². The van der Waals surface area contributed by atoms with E-state index >= 15 is 0 Å². The van der Waals surface area contributed by atoms with Crippen LogP contribution in [0.1, 0.15) is 18.9 Å². The standard InChI is InChI=1S/C15H16Cl2O/c1-2-15(17)10-12(5-8-14(15)18)9-11-3-6-13(16)7-4-11/h3-8,10,14,18H,2,9H2,1H3. The minimum absolute atomic E-state index is 0.613. The summed E-state index contributed by atoms with van der Waals surface area (Å²) in [6, 6.07) is 7.77. The second kappa shape index (κ2) is 5.48. The van der Waals surface area contributed by atoms with E-state index in [1.807, 2.05) is 43.3 Å². The summed E-state index contributed by atoms with van der Waals surface area (Å²) in [4.78, 5) is -0.670. The molecule has 2 atom stereocenters. The minimum Gasteiger partial charge on any atom is -0.387 e. The van der Waals surface area contributed by atoms with Crippen molar-refractivity contribution in [2.24, 2.45) is 0 Å². The molecule has 0 radical (unpaired) electrons. The van der Waals surface area contributed by atoms with Crippen LogP contribution in [0.25, 0.3) is 0 Å². The van der Waals surface area contributed by atoms with Crippen molar-refractivity contribution in [1.29, 1.82) is 0 Å². The van der Waals surface area contributed by atoms with Crippen molar-refractivity contribution in [1.82, 2.24) is 0 Å². The third kappa shape index (κ3) is 2.97. The summed E-state index contributed by atoms with van der Waals surface area (Å²) in [7, 11) is 0. The maximum Gasteiger partial charge on any atom is 0.0951 e. The first-order valence-electron chi connectivity index (χ1n) is 6.05. The molecule has 1 aromatic carbocycles. The summed E-state index contributed by atoms with van der Waals surface area (Å²) in [5.41, 5.74) is 2.31. The third-order valence-electron chi connectivity index (χ3n) is 3.27. The van der Waals surface area contributed by atoms with E-state index in [9.17, 15) is 5.11 Å². The van der Waals surface area contributed by atoms with Gasteiger partial charge in [-0.05, 0) is 36.1 Å². The molecule has 1 N–H and O–H groups in total. The van der Waals surface area contributed by atoms with Crippen molar-refractivity contribution in [2.45, 2.75) is 30.7 Å². The van der Waals surface area contributed by atoms with E-state index in [-0.39, 0.29) is 0 Å². The molecule has 0 saturated heterocycles. The largest absolute Gasteiger partial charge is 0.387 e. The fourth-order valence-electron chi connectivity index (χ4n) is 2.08. The second-order valence-corrected chi connectivity index (χ2v) is 5.75. The van der Waals surface area contributed by atoms with E-state index in [1.54, 1.807) is 6.08 Å². The maximum atomic E-state index is 9.87. The van der Waals surface area contributed by atoms with Gasteiger partial charge in [0.2, 0.25) is 0 Å². The topological polar surface area (TPSA) is 20.2 Å². The van der Waals surface area contributed by atoms with E-state index in [0.717, 1.165) is 17.0 Å². The molecule has 1 nitrogen and oxygen atoms in total. The molecule has 0 aromatic heterocycles. The highest BCUT2D eigenvalue weighted by Gasteiger charge is 2.32. The van der Waals surface area contributed by atoms with Crippen molar-refractivity contribution < 1.29 is 5.11 Å². The van der Waals surface area contributed by atoms with Gasteiger partial charge in [-0.3, -0.25) is 0 Å². The highest BCUT2D eigenvalue weighted by molar-refractivity contribution is 6.30. The number of aliphatic hydroxyl groups excluding tert-OH is 1. The normalized spacial score (nSPS) is 27.1. The SMILES string of the molecule is CCC1(Cl)C=C(Cc2ccc(Cl)cc2)C=CC1O. The summed E-state index contributed by atoms with van der Waals surface area (Å²) in [5, 5.41) is 10.6. The molecule has 0 fully saturated rings. The fourth-order valence-corrected chi connectivity index (χ4v) is 2.41. The lowest BCUT2D eigenvalue weighted by Crippen LogP contribution is -2.35. The van der Waals surface area contributed by atoms with Crippen molar-refractivity contribution in [3.05, 3.63) is 58.7 Å². The molecule has 2 unspecified atom stereocenters. The number of rotatable bonds is 3. The molecule has 0 spiro atoms. The minimum atomic E-state index is -0.670. The molecule has 0 heterocycles. The van der Waals surface area contributed by atoms with Gasteiger partial charge < -0.3 is 5.11 Å². The summed E-state index contributed by atoms with van der Waals surface area (Å²) in [5.74, 6) is 0. The maximum absolute atomic E-state index is 9.87. The van der Waals surface area contributed by atoms with E-state index < -0.39 is 11.0 Å². The Morgan fingerprint density at radius 2 is 1.94 bits per heavy atom. The molecule has 3 heteroatoms. The number of benzene rings is 1. The Kier molecular flexibility index (Phi) is 4.16. The molecule has 0 saturated carbocycles. The van der Waals surface area contributed by atoms with Gasteiger partial charge in [-0.15, -0.1) is 11.6 Å². The molecule has 18 heavy (non-hydrogen) atoms. The van der Waals surface area contributed by atoms with Crippen LogP contribution in [0.4, 0.5) is 0 Å². The van der Waals surface area contributed by atoms with Crippen LogP contribution in [0.5, 0.6) is 0 Å². The van der Waals surface area contributed by atoms with Crippen LogP contribution in [0.15, 0.2) is 48.1 Å². The van der Waals surface area contributed by atoms with Crippen LogP contribution in [-0.4, -0.2) is 16.1 Å². The lowest BCUT2D eigenvalue weighted by atomic mass is 9.88. The Balaban J connectivity index is 2.17. The number of hydrogen-bond acceptors (Lipinski definition) is 1. The number of hydrogen-bond donors (Lipinski definition) is 1. The van der Waals surface area contributed by atoms with Gasteiger partial charge in [0, 0.05) is 5.02 Å². The number of alkyl halides is 1. The highest BCUT2D eigenvalue weighted by Crippen LogP contribution is 2.32. The van der Waals surface area contributed by atoms with Crippen LogP contribution in [0, 0.1) is 0 Å². The van der Waals surface area contributed by atoms with Crippen molar-refractivity contribution >= 4 is 23.2 Å². The lowest BCUT2D eigenvalue weighted by Gasteiger charge is -2.29. The van der Waals surface area contributed by atoms with E-state index in [2.05, 4.69) is 0 Å². The Morgan fingerprint density at radius 3 is 2.56 bits per heavy atom. The first-order valence-corrected chi connectivity index (χ1v) is 6.80. The molecule has 0 bridgehead atoms. The summed E-state index contributed by atoms with van der Waals surface area (Å²) >= 11 is 12.3. The van der Waals surface area contributed by atoms with Gasteiger partial charge in [-0.25, -0.2) is 0 Å². The molecular formula is C15H16Cl2O. The molecule has 1 aliphatic carbocycles. The molecule has 96 valence electrons. The van der Waals surface area contributed by atoms with Crippen LogP contribution in [0.2, 0.25) is 5.02 Å². The van der Waals surface area contributed by atoms with Gasteiger partial charge in [-0.1, -0.05) is 48.9 Å². The molecule has 0 amide bonds. The zero-order chi connectivity index (χ0) is 13.2. The Morgan fingerprint density at radius 1 is 1.28 bits per heavy atom. The van der Waals surface area contributed by atoms with Gasteiger partial charge in [0.15, 0.2) is 0 Å². The van der Waals surface area contributed by atoms with Crippen molar-refractivity contribution in [3.8, 4) is 0 Å². The number of halogens is 2. The molecular weight excluding hydrogens is 267 g/mol. The van der Waals surface area contributed by atoms with E-state index in [4.69, 9.17) is 23.2 Å². The first-order chi connectivity index (χ1) is 8.53. The average molecular weight is 283 g/mol. The fraction of sp³-hybridized carbons (Fsp3) is 0.333. The first kappa shape index (κ1) is 13.7. The zero-order valence-electron chi connectivity index (χ0n) is 10.2. The smallest absolute Gasteiger partial charge is 0.0951 e. The van der Waals surface area contributed by atoms with Crippen molar-refractivity contribution in [2.75, 3.05) is 0 Å². The molecule has 1 aliphatic rings. The predicted octanol–water partition coefficient (Wildman–Crippen LogP) is 4.13. The number of allylic oxidation sites excluding steroid dienone is 2. The van der Waals surface area contributed by atoms with Crippen molar-refractivity contribution in [3.63, 3.8) is 0 Å². The summed E-state index contributed by atoms with van der Waals surface area (Å²) in [6.07, 6.45) is 6.56. The predicted molar refractivity (Wildman–Crippen MR) is 77.3 cm³/mol.